The third kappa shape index (κ3) is 4.49. The van der Waals surface area contributed by atoms with Crippen LogP contribution in [-0.4, -0.2) is 39.2 Å². The molecule has 1 aliphatic rings. The van der Waals surface area contributed by atoms with E-state index in [9.17, 15) is 16.8 Å². The lowest BCUT2D eigenvalue weighted by Crippen LogP contribution is -2.02. The van der Waals surface area contributed by atoms with Crippen LogP contribution in [0.3, 0.4) is 0 Å². The summed E-state index contributed by atoms with van der Waals surface area (Å²) in [4.78, 5) is -0.823. The van der Waals surface area contributed by atoms with Crippen molar-refractivity contribution < 1.29 is 30.7 Å². The van der Waals surface area contributed by atoms with Crippen LogP contribution in [0.25, 0.3) is 10.8 Å². The number of fused-ring (bicyclic) bond motifs is 1. The molecule has 0 atom stereocenters. The summed E-state index contributed by atoms with van der Waals surface area (Å²) in [6.07, 6.45) is 2.56. The summed E-state index contributed by atoms with van der Waals surface area (Å²) in [5.41, 5.74) is 0. The fraction of sp³-hybridized carbons (Fsp3) is 0.286. The SMILES string of the molecule is C1CCOC1.O=S(=O)(O)c1cccc2c(S(=O)(=O)O)cccc12. The Morgan fingerprint density at radius 1 is 0.739 bits per heavy atom. The molecule has 0 aliphatic carbocycles. The van der Waals surface area contributed by atoms with Gasteiger partial charge in [0.05, 0.1) is 0 Å². The smallest absolute Gasteiger partial charge is 0.295 e. The maximum Gasteiger partial charge on any atom is 0.295 e. The zero-order valence-electron chi connectivity index (χ0n) is 12.0. The molecular weight excluding hydrogens is 344 g/mol. The highest BCUT2D eigenvalue weighted by molar-refractivity contribution is 7.86. The van der Waals surface area contributed by atoms with Crippen LogP contribution in [0.15, 0.2) is 46.2 Å². The Kier molecular flexibility index (Phi) is 5.37. The average molecular weight is 360 g/mol. The van der Waals surface area contributed by atoms with Crippen LogP contribution in [-0.2, 0) is 25.0 Å². The van der Waals surface area contributed by atoms with Gasteiger partial charge in [-0.1, -0.05) is 24.3 Å². The summed E-state index contributed by atoms with van der Waals surface area (Å²) in [5.74, 6) is 0. The van der Waals surface area contributed by atoms with E-state index in [1.54, 1.807) is 0 Å². The van der Waals surface area contributed by atoms with Crippen molar-refractivity contribution in [2.45, 2.75) is 22.6 Å². The molecule has 2 N–H and O–H groups in total. The molecule has 23 heavy (non-hydrogen) atoms. The Morgan fingerprint density at radius 2 is 1.13 bits per heavy atom. The van der Waals surface area contributed by atoms with Crippen molar-refractivity contribution in [3.63, 3.8) is 0 Å². The molecule has 0 amide bonds. The van der Waals surface area contributed by atoms with Crippen LogP contribution >= 0.6 is 0 Å². The third-order valence-corrected chi connectivity index (χ3v) is 5.05. The maximum absolute atomic E-state index is 11.2. The monoisotopic (exact) mass is 360 g/mol. The van der Waals surface area contributed by atoms with E-state index in [-0.39, 0.29) is 10.8 Å². The number of ether oxygens (including phenoxy) is 1. The molecule has 0 bridgehead atoms. The zero-order chi connectivity index (χ0) is 17.1. The van der Waals surface area contributed by atoms with Gasteiger partial charge >= 0.3 is 0 Å². The van der Waals surface area contributed by atoms with Crippen molar-refractivity contribution in [2.75, 3.05) is 13.2 Å². The molecule has 9 heteroatoms. The van der Waals surface area contributed by atoms with Gasteiger partial charge in [0.2, 0.25) is 0 Å². The molecular formula is C14H16O7S2. The minimum absolute atomic E-state index is 0.0233. The molecule has 2 aromatic carbocycles. The third-order valence-electron chi connectivity index (χ3n) is 3.23. The maximum atomic E-state index is 11.2. The van der Waals surface area contributed by atoms with Crippen molar-refractivity contribution in [1.29, 1.82) is 0 Å². The molecule has 126 valence electrons. The van der Waals surface area contributed by atoms with Crippen LogP contribution in [0.1, 0.15) is 12.8 Å². The van der Waals surface area contributed by atoms with Crippen molar-refractivity contribution in [3.05, 3.63) is 36.4 Å². The van der Waals surface area contributed by atoms with Gasteiger partial charge in [0, 0.05) is 24.0 Å². The van der Waals surface area contributed by atoms with Crippen LogP contribution in [0.2, 0.25) is 0 Å². The molecule has 0 aromatic heterocycles. The van der Waals surface area contributed by atoms with E-state index >= 15 is 0 Å². The summed E-state index contributed by atoms with van der Waals surface area (Å²) < 4.78 is 67.6. The highest BCUT2D eigenvalue weighted by Gasteiger charge is 2.18. The highest BCUT2D eigenvalue weighted by atomic mass is 32.2. The van der Waals surface area contributed by atoms with Crippen molar-refractivity contribution >= 4 is 31.0 Å². The molecule has 1 fully saturated rings. The standard InChI is InChI=1S/C10H8O6S2.C4H8O/c11-17(12,13)9-5-1-3-7-8(9)4-2-6-10(7)18(14,15)16;1-2-4-5-3-1/h1-6H,(H,11,12,13)(H,14,15,16);1-4H2. The molecule has 1 heterocycles. The molecule has 7 nitrogen and oxygen atoms in total. The van der Waals surface area contributed by atoms with Gasteiger partial charge in [-0.3, -0.25) is 9.11 Å². The fourth-order valence-electron chi connectivity index (χ4n) is 2.21. The highest BCUT2D eigenvalue weighted by Crippen LogP contribution is 2.27. The van der Waals surface area contributed by atoms with Crippen LogP contribution < -0.4 is 0 Å². The van der Waals surface area contributed by atoms with E-state index in [0.717, 1.165) is 25.3 Å². The predicted molar refractivity (Wildman–Crippen MR) is 83.6 cm³/mol. The minimum Gasteiger partial charge on any atom is -0.381 e. The molecule has 3 rings (SSSR count). The van der Waals surface area contributed by atoms with E-state index < -0.39 is 30.0 Å². The summed E-state index contributed by atoms with van der Waals surface area (Å²) >= 11 is 0. The molecule has 2 aromatic rings. The van der Waals surface area contributed by atoms with E-state index in [0.29, 0.717) is 0 Å². The molecule has 0 unspecified atom stereocenters. The average Bonchev–Trinajstić information content (AvgIpc) is 3.03. The molecule has 0 saturated carbocycles. The fourth-order valence-corrected chi connectivity index (χ4v) is 3.63. The van der Waals surface area contributed by atoms with Gasteiger partial charge in [-0.05, 0) is 25.0 Å². The molecule has 0 radical (unpaired) electrons. The van der Waals surface area contributed by atoms with E-state index in [1.165, 1.54) is 37.1 Å². The van der Waals surface area contributed by atoms with Gasteiger partial charge in [0.1, 0.15) is 9.79 Å². The Bertz CT molecular complexity index is 819. The normalized spacial score (nSPS) is 15.2. The summed E-state index contributed by atoms with van der Waals surface area (Å²) in [6, 6.07) is 7.53. The van der Waals surface area contributed by atoms with Gasteiger partial charge in [0.25, 0.3) is 20.2 Å². The van der Waals surface area contributed by atoms with Crippen LogP contribution in [0.5, 0.6) is 0 Å². The van der Waals surface area contributed by atoms with Gasteiger partial charge in [-0.15, -0.1) is 0 Å². The Balaban J connectivity index is 0.000000326. The first-order valence-corrected chi connectivity index (χ1v) is 9.64. The van der Waals surface area contributed by atoms with Crippen molar-refractivity contribution in [2.24, 2.45) is 0 Å². The lowest BCUT2D eigenvalue weighted by molar-refractivity contribution is 0.198. The van der Waals surface area contributed by atoms with Gasteiger partial charge in [-0.2, -0.15) is 16.8 Å². The summed E-state index contributed by atoms with van der Waals surface area (Å²) in [5, 5.41) is 0.0465. The van der Waals surface area contributed by atoms with E-state index in [4.69, 9.17) is 13.8 Å². The lowest BCUT2D eigenvalue weighted by Gasteiger charge is -2.06. The number of hydrogen-bond donors (Lipinski definition) is 2. The second-order valence-corrected chi connectivity index (χ2v) is 7.66. The largest absolute Gasteiger partial charge is 0.381 e. The first-order chi connectivity index (χ1) is 10.7. The first-order valence-electron chi connectivity index (χ1n) is 6.76. The predicted octanol–water partition coefficient (Wildman–Crippen LogP) is 2.13. The summed E-state index contributed by atoms with van der Waals surface area (Å²) in [6.45, 7) is 2.00. The van der Waals surface area contributed by atoms with Crippen LogP contribution in [0, 0.1) is 0 Å². The van der Waals surface area contributed by atoms with Crippen molar-refractivity contribution in [3.8, 4) is 0 Å². The Hall–Kier alpha value is -1.52. The molecule has 0 spiro atoms. The second kappa shape index (κ2) is 6.93. The zero-order valence-corrected chi connectivity index (χ0v) is 13.7. The van der Waals surface area contributed by atoms with Gasteiger partial charge in [-0.25, -0.2) is 0 Å². The topological polar surface area (TPSA) is 118 Å². The molecule has 1 saturated heterocycles. The quantitative estimate of drug-likeness (QED) is 0.788. The van der Waals surface area contributed by atoms with E-state index in [2.05, 4.69) is 0 Å². The van der Waals surface area contributed by atoms with Crippen LogP contribution in [0.4, 0.5) is 0 Å². The van der Waals surface area contributed by atoms with E-state index in [1.807, 2.05) is 0 Å². The number of benzene rings is 2. The number of hydrogen-bond acceptors (Lipinski definition) is 5. The van der Waals surface area contributed by atoms with Gasteiger partial charge in [0.15, 0.2) is 0 Å². The summed E-state index contributed by atoms with van der Waals surface area (Å²) in [7, 11) is -8.94. The Morgan fingerprint density at radius 3 is 1.39 bits per heavy atom. The molecule has 1 aliphatic heterocycles. The minimum atomic E-state index is -4.47. The number of rotatable bonds is 2. The Labute approximate surface area is 134 Å². The van der Waals surface area contributed by atoms with Gasteiger partial charge < -0.3 is 4.74 Å². The first kappa shape index (κ1) is 17.8. The second-order valence-electron chi connectivity index (χ2n) is 4.88. The lowest BCUT2D eigenvalue weighted by atomic mass is 10.1. The van der Waals surface area contributed by atoms with Crippen molar-refractivity contribution in [1.82, 2.24) is 0 Å².